The van der Waals surface area contributed by atoms with Gasteiger partial charge in [-0.05, 0) is 24.6 Å². The van der Waals surface area contributed by atoms with E-state index in [2.05, 4.69) is 23.3 Å². The Hall–Kier alpha value is -2.06. The van der Waals surface area contributed by atoms with Gasteiger partial charge >= 0.3 is 0 Å². The number of thiol groups is 1. The fourth-order valence-corrected chi connectivity index (χ4v) is 2.02. The van der Waals surface area contributed by atoms with Crippen LogP contribution in [0.4, 0.5) is 0 Å². The van der Waals surface area contributed by atoms with Crippen molar-refractivity contribution >= 4 is 30.7 Å². The lowest BCUT2D eigenvalue weighted by Gasteiger charge is -2.20. The Labute approximate surface area is 140 Å². The van der Waals surface area contributed by atoms with Crippen LogP contribution in [0.2, 0.25) is 0 Å². The zero-order chi connectivity index (χ0) is 17.4. The smallest absolute Gasteiger partial charge is 0.244 e. The first-order valence-corrected chi connectivity index (χ1v) is 7.63. The van der Waals surface area contributed by atoms with Crippen molar-refractivity contribution in [1.82, 2.24) is 10.6 Å². The van der Waals surface area contributed by atoms with Crippen LogP contribution in [0, 0.1) is 0 Å². The minimum absolute atomic E-state index is 0.0646. The van der Waals surface area contributed by atoms with E-state index in [4.69, 9.17) is 5.73 Å². The summed E-state index contributed by atoms with van der Waals surface area (Å²) in [6.45, 7) is 1.50. The number of aromatic hydroxyl groups is 1. The Morgan fingerprint density at radius 2 is 1.87 bits per heavy atom. The van der Waals surface area contributed by atoms with Gasteiger partial charge in [-0.2, -0.15) is 12.6 Å². The van der Waals surface area contributed by atoms with Crippen molar-refractivity contribution < 1.29 is 19.5 Å². The second-order valence-electron chi connectivity index (χ2n) is 5.08. The van der Waals surface area contributed by atoms with E-state index in [0.29, 0.717) is 0 Å². The molecule has 0 aliphatic rings. The Kier molecular flexibility index (Phi) is 7.56. The molecule has 0 unspecified atom stereocenters. The van der Waals surface area contributed by atoms with E-state index < -0.39 is 29.9 Å². The molecule has 0 heterocycles. The number of nitrogens with one attached hydrogen (secondary N) is 2. The van der Waals surface area contributed by atoms with Crippen LogP contribution >= 0.6 is 12.6 Å². The third-order valence-electron chi connectivity index (χ3n) is 3.06. The molecule has 3 atom stereocenters. The molecule has 23 heavy (non-hydrogen) atoms. The molecular formula is C15H20N3O4S. The maximum absolute atomic E-state index is 12.1. The van der Waals surface area contributed by atoms with E-state index in [1.165, 1.54) is 19.1 Å². The second-order valence-corrected chi connectivity index (χ2v) is 5.45. The minimum Gasteiger partial charge on any atom is -0.508 e. The number of carbonyl (C=O) groups excluding carboxylic acids is 3. The molecule has 0 fully saturated rings. The number of carbonyl (C=O) groups is 2. The molecule has 125 valence electrons. The normalized spacial score (nSPS) is 14.4. The number of benzene rings is 1. The molecule has 8 heteroatoms. The Bertz CT molecular complexity index is 548. The lowest BCUT2D eigenvalue weighted by Crippen LogP contribution is -2.54. The van der Waals surface area contributed by atoms with Crippen LogP contribution in [0.1, 0.15) is 12.5 Å². The Morgan fingerprint density at radius 3 is 2.35 bits per heavy atom. The number of hydrogen-bond donors (Lipinski definition) is 5. The standard InChI is InChI=1S/C15H20N3O4S/c1-9(16)14(21)18-13(8-23)15(22)17-11(7-19)6-10-2-4-12(20)5-3-10/h2-5,9,11,13,20,23H,6,8,16H2,1H3,(H,17,22)(H,18,21)/t9-,11-,13-/m0/s1. The number of amides is 2. The summed E-state index contributed by atoms with van der Waals surface area (Å²) in [7, 11) is 0. The van der Waals surface area contributed by atoms with E-state index >= 15 is 0 Å². The summed E-state index contributed by atoms with van der Waals surface area (Å²) in [5, 5.41) is 14.2. The van der Waals surface area contributed by atoms with Crippen molar-refractivity contribution in [3.8, 4) is 5.75 Å². The summed E-state index contributed by atoms with van der Waals surface area (Å²) >= 11 is 4.02. The van der Waals surface area contributed by atoms with Gasteiger partial charge in [-0.25, -0.2) is 0 Å². The summed E-state index contributed by atoms with van der Waals surface area (Å²) in [5.74, 6) is -0.849. The molecule has 0 aliphatic carbocycles. The highest BCUT2D eigenvalue weighted by Crippen LogP contribution is 2.11. The van der Waals surface area contributed by atoms with E-state index in [1.54, 1.807) is 18.4 Å². The number of rotatable bonds is 8. The summed E-state index contributed by atoms with van der Waals surface area (Å²) in [6.07, 6.45) is 1.96. The summed E-state index contributed by atoms with van der Waals surface area (Å²) in [5.41, 5.74) is 6.18. The van der Waals surface area contributed by atoms with Gasteiger partial charge in [0.2, 0.25) is 18.1 Å². The van der Waals surface area contributed by atoms with Gasteiger partial charge in [-0.3, -0.25) is 14.4 Å². The van der Waals surface area contributed by atoms with Crippen molar-refractivity contribution in [2.45, 2.75) is 31.5 Å². The lowest BCUT2D eigenvalue weighted by atomic mass is 10.1. The van der Waals surface area contributed by atoms with Crippen LogP contribution < -0.4 is 16.4 Å². The van der Waals surface area contributed by atoms with E-state index in [-0.39, 0.29) is 17.9 Å². The molecule has 1 radical (unpaired) electrons. The van der Waals surface area contributed by atoms with Crippen LogP contribution in [-0.2, 0) is 20.8 Å². The first-order valence-electron chi connectivity index (χ1n) is 7.00. The molecule has 1 rings (SSSR count). The van der Waals surface area contributed by atoms with Gasteiger partial charge in [0, 0.05) is 12.2 Å². The first kappa shape index (κ1) is 19.0. The van der Waals surface area contributed by atoms with Crippen molar-refractivity contribution in [1.29, 1.82) is 0 Å². The molecule has 1 aromatic carbocycles. The topological polar surface area (TPSA) is 122 Å². The fraction of sp³-hybridized carbons (Fsp3) is 0.400. The number of phenols is 1. The van der Waals surface area contributed by atoms with E-state index in [9.17, 15) is 19.5 Å². The zero-order valence-electron chi connectivity index (χ0n) is 12.7. The Balaban J connectivity index is 2.65. The third kappa shape index (κ3) is 6.29. The SMILES string of the molecule is C[C@H](N)C(=O)N[C@@H](CS)C(=O)N[C@H]([C]=O)Cc1ccc(O)cc1. The molecule has 5 N–H and O–H groups in total. The van der Waals surface area contributed by atoms with Crippen molar-refractivity contribution in [3.05, 3.63) is 29.8 Å². The van der Waals surface area contributed by atoms with Crippen LogP contribution in [0.15, 0.2) is 24.3 Å². The summed E-state index contributed by atoms with van der Waals surface area (Å²) in [6, 6.07) is 3.72. The molecule has 0 bridgehead atoms. The predicted molar refractivity (Wildman–Crippen MR) is 88.9 cm³/mol. The largest absolute Gasteiger partial charge is 0.508 e. The van der Waals surface area contributed by atoms with Crippen LogP contribution in [0.5, 0.6) is 5.75 Å². The van der Waals surface area contributed by atoms with E-state index in [0.717, 1.165) is 5.56 Å². The highest BCUT2D eigenvalue weighted by Gasteiger charge is 2.23. The molecule has 0 aliphatic heterocycles. The molecule has 7 nitrogen and oxygen atoms in total. The van der Waals surface area contributed by atoms with Gasteiger partial charge in [0.15, 0.2) is 0 Å². The van der Waals surface area contributed by atoms with Crippen molar-refractivity contribution in [2.24, 2.45) is 5.73 Å². The first-order chi connectivity index (χ1) is 10.9. The molecule has 1 aromatic rings. The molecule has 0 saturated heterocycles. The average molecular weight is 338 g/mol. The predicted octanol–water partition coefficient (Wildman–Crippen LogP) is -0.709. The molecule has 0 spiro atoms. The van der Waals surface area contributed by atoms with Crippen LogP contribution in [-0.4, -0.2) is 47.1 Å². The molecular weight excluding hydrogens is 318 g/mol. The van der Waals surface area contributed by atoms with Gasteiger partial charge in [-0.15, -0.1) is 0 Å². The highest BCUT2D eigenvalue weighted by molar-refractivity contribution is 7.80. The maximum Gasteiger partial charge on any atom is 0.244 e. The van der Waals surface area contributed by atoms with Gasteiger partial charge in [0.05, 0.1) is 12.1 Å². The van der Waals surface area contributed by atoms with Crippen molar-refractivity contribution in [2.75, 3.05) is 5.75 Å². The Morgan fingerprint density at radius 1 is 1.26 bits per heavy atom. The quantitative estimate of drug-likeness (QED) is 0.401. The van der Waals surface area contributed by atoms with Gasteiger partial charge in [-0.1, -0.05) is 12.1 Å². The van der Waals surface area contributed by atoms with Crippen molar-refractivity contribution in [3.63, 3.8) is 0 Å². The second kappa shape index (κ2) is 9.16. The van der Waals surface area contributed by atoms with Gasteiger partial charge < -0.3 is 21.5 Å². The molecule has 0 saturated carbocycles. The molecule has 0 aromatic heterocycles. The fourth-order valence-electron chi connectivity index (χ4n) is 1.76. The summed E-state index contributed by atoms with van der Waals surface area (Å²) < 4.78 is 0. The highest BCUT2D eigenvalue weighted by atomic mass is 32.1. The summed E-state index contributed by atoms with van der Waals surface area (Å²) in [4.78, 5) is 34.7. The number of nitrogens with two attached hydrogens (primary N) is 1. The average Bonchev–Trinajstić information content (AvgIpc) is 2.53. The third-order valence-corrected chi connectivity index (χ3v) is 3.43. The van der Waals surface area contributed by atoms with Gasteiger partial charge in [0.25, 0.3) is 0 Å². The number of phenolic OH excluding ortho intramolecular Hbond substituents is 1. The van der Waals surface area contributed by atoms with Gasteiger partial charge in [0.1, 0.15) is 11.8 Å². The van der Waals surface area contributed by atoms with E-state index in [1.807, 2.05) is 0 Å². The zero-order valence-corrected chi connectivity index (χ0v) is 13.5. The minimum atomic E-state index is -0.896. The molecule has 2 amide bonds. The van der Waals surface area contributed by atoms with Crippen LogP contribution in [0.25, 0.3) is 0 Å². The number of hydrogen-bond acceptors (Lipinski definition) is 6. The maximum atomic E-state index is 12.1. The van der Waals surface area contributed by atoms with Crippen LogP contribution in [0.3, 0.4) is 0 Å². The lowest BCUT2D eigenvalue weighted by molar-refractivity contribution is -0.129. The monoisotopic (exact) mass is 338 g/mol.